The Morgan fingerprint density at radius 3 is 2.50 bits per heavy atom. The Hall–Kier alpha value is -1.79. The van der Waals surface area contributed by atoms with E-state index in [2.05, 4.69) is 20.5 Å². The minimum atomic E-state index is -0.0150. The first kappa shape index (κ1) is 26.2. The number of carbonyl (C=O) groups excluding carboxylic acids is 1. The van der Waals surface area contributed by atoms with Crippen molar-refractivity contribution in [1.82, 2.24) is 20.4 Å². The van der Waals surface area contributed by atoms with Gasteiger partial charge in [-0.1, -0.05) is 6.07 Å². The highest BCUT2D eigenvalue weighted by molar-refractivity contribution is 14.0. The van der Waals surface area contributed by atoms with E-state index < -0.39 is 0 Å². The van der Waals surface area contributed by atoms with Gasteiger partial charge in [-0.25, -0.2) is 4.99 Å². The quantitative estimate of drug-likeness (QED) is 0.275. The topological polar surface area (TPSA) is 87.7 Å². The van der Waals surface area contributed by atoms with Gasteiger partial charge in [-0.05, 0) is 17.7 Å². The second-order valence-electron chi connectivity index (χ2n) is 6.88. The third-order valence-corrected chi connectivity index (χ3v) is 4.60. The zero-order chi connectivity index (χ0) is 21.1. The Kier molecular flexibility index (Phi) is 12.5. The Balaban J connectivity index is 0.00000450. The van der Waals surface area contributed by atoms with E-state index in [1.54, 1.807) is 33.2 Å². The second-order valence-corrected chi connectivity index (χ2v) is 6.88. The molecule has 0 bridgehead atoms. The van der Waals surface area contributed by atoms with Crippen LogP contribution in [0.25, 0.3) is 0 Å². The predicted octanol–water partition coefficient (Wildman–Crippen LogP) is 0.777. The molecule has 1 heterocycles. The van der Waals surface area contributed by atoms with Crippen molar-refractivity contribution >= 4 is 35.8 Å². The van der Waals surface area contributed by atoms with E-state index in [-0.39, 0.29) is 36.4 Å². The molecule has 1 aliphatic rings. The molecule has 2 N–H and O–H groups in total. The van der Waals surface area contributed by atoms with Crippen molar-refractivity contribution in [2.24, 2.45) is 4.99 Å². The molecule has 0 atom stereocenters. The molecule has 1 amide bonds. The Morgan fingerprint density at radius 2 is 1.87 bits per heavy atom. The number of halogens is 1. The van der Waals surface area contributed by atoms with Crippen LogP contribution in [-0.4, -0.2) is 95.9 Å². The number of guanidine groups is 1. The van der Waals surface area contributed by atoms with Crippen molar-refractivity contribution in [2.75, 3.05) is 74.3 Å². The summed E-state index contributed by atoms with van der Waals surface area (Å²) in [5, 5.41) is 6.42. The number of amides is 1. The fourth-order valence-corrected chi connectivity index (χ4v) is 2.80. The van der Waals surface area contributed by atoms with Crippen LogP contribution in [0.15, 0.2) is 23.2 Å². The SMILES string of the molecule is COc1ccc(CN=C(NCCN2CCOCC2)NCC(=O)N(C)C)cc1OC.I. The standard InChI is InChI=1S/C20H33N5O4.HI/c1-24(2)19(26)15-23-20(21-7-8-25-9-11-29-12-10-25)22-14-16-5-6-17(27-3)18(13-16)28-4;/h5-6,13H,7-12,14-15H2,1-4H3,(H2,21,22,23);1H. The molecule has 1 aromatic carbocycles. The number of nitrogens with zero attached hydrogens (tertiary/aromatic N) is 3. The van der Waals surface area contributed by atoms with Crippen molar-refractivity contribution in [3.63, 3.8) is 0 Å². The number of methoxy groups -OCH3 is 2. The average Bonchev–Trinajstić information content (AvgIpc) is 2.75. The Morgan fingerprint density at radius 1 is 1.17 bits per heavy atom. The summed E-state index contributed by atoms with van der Waals surface area (Å²) in [7, 11) is 6.68. The number of carbonyl (C=O) groups is 1. The number of morpholine rings is 1. The molecule has 170 valence electrons. The summed E-state index contributed by atoms with van der Waals surface area (Å²) in [6.07, 6.45) is 0. The molecule has 0 spiro atoms. The first-order chi connectivity index (χ1) is 14.0. The molecule has 0 aromatic heterocycles. The normalized spacial score (nSPS) is 14.5. The molecular weight excluding hydrogens is 501 g/mol. The summed E-state index contributed by atoms with van der Waals surface area (Å²) in [5.41, 5.74) is 0.982. The summed E-state index contributed by atoms with van der Waals surface area (Å²) in [5.74, 6) is 1.93. The predicted molar refractivity (Wildman–Crippen MR) is 128 cm³/mol. The van der Waals surface area contributed by atoms with Crippen LogP contribution in [0.2, 0.25) is 0 Å². The zero-order valence-corrected chi connectivity index (χ0v) is 20.6. The first-order valence-electron chi connectivity index (χ1n) is 9.77. The van der Waals surface area contributed by atoms with Crippen LogP contribution in [0.5, 0.6) is 11.5 Å². The van der Waals surface area contributed by atoms with Gasteiger partial charge >= 0.3 is 0 Å². The maximum Gasteiger partial charge on any atom is 0.241 e. The Labute approximate surface area is 196 Å². The monoisotopic (exact) mass is 535 g/mol. The van der Waals surface area contributed by atoms with Gasteiger partial charge in [0.15, 0.2) is 17.5 Å². The van der Waals surface area contributed by atoms with Gasteiger partial charge in [-0.15, -0.1) is 24.0 Å². The molecule has 0 unspecified atom stereocenters. The van der Waals surface area contributed by atoms with Crippen molar-refractivity contribution in [1.29, 1.82) is 0 Å². The van der Waals surface area contributed by atoms with E-state index in [1.165, 1.54) is 0 Å². The molecule has 9 nitrogen and oxygen atoms in total. The molecular formula is C20H34IN5O4. The van der Waals surface area contributed by atoms with Gasteiger partial charge in [-0.2, -0.15) is 0 Å². The van der Waals surface area contributed by atoms with Crippen LogP contribution in [-0.2, 0) is 16.1 Å². The van der Waals surface area contributed by atoms with E-state index in [1.807, 2.05) is 18.2 Å². The minimum absolute atomic E-state index is 0. The van der Waals surface area contributed by atoms with E-state index >= 15 is 0 Å². The lowest BCUT2D eigenvalue weighted by Gasteiger charge is -2.26. The summed E-state index contributed by atoms with van der Waals surface area (Å²) in [6.45, 7) is 5.67. The maximum absolute atomic E-state index is 11.9. The van der Waals surface area contributed by atoms with Gasteiger partial charge in [0.05, 0.1) is 40.5 Å². The molecule has 0 radical (unpaired) electrons. The third-order valence-electron chi connectivity index (χ3n) is 4.60. The number of benzene rings is 1. The zero-order valence-electron chi connectivity index (χ0n) is 18.3. The van der Waals surface area contributed by atoms with Crippen molar-refractivity contribution in [3.05, 3.63) is 23.8 Å². The van der Waals surface area contributed by atoms with Crippen LogP contribution < -0.4 is 20.1 Å². The van der Waals surface area contributed by atoms with E-state index in [9.17, 15) is 4.79 Å². The van der Waals surface area contributed by atoms with Crippen LogP contribution >= 0.6 is 24.0 Å². The van der Waals surface area contributed by atoms with Crippen molar-refractivity contribution in [2.45, 2.75) is 6.54 Å². The lowest BCUT2D eigenvalue weighted by atomic mass is 10.2. The van der Waals surface area contributed by atoms with E-state index in [0.29, 0.717) is 24.0 Å². The second kappa shape index (κ2) is 14.3. The highest BCUT2D eigenvalue weighted by atomic mass is 127. The van der Waals surface area contributed by atoms with Gasteiger partial charge in [-0.3, -0.25) is 9.69 Å². The first-order valence-corrected chi connectivity index (χ1v) is 9.77. The lowest BCUT2D eigenvalue weighted by Crippen LogP contribution is -2.46. The number of hydrogen-bond acceptors (Lipinski definition) is 6. The van der Waals surface area contributed by atoms with Gasteiger partial charge in [0.2, 0.25) is 5.91 Å². The smallest absolute Gasteiger partial charge is 0.241 e. The van der Waals surface area contributed by atoms with Crippen LogP contribution in [0.3, 0.4) is 0 Å². The summed E-state index contributed by atoms with van der Waals surface area (Å²) in [6, 6.07) is 5.71. The molecule has 1 saturated heterocycles. The third kappa shape index (κ3) is 8.92. The average molecular weight is 535 g/mol. The molecule has 2 rings (SSSR count). The highest BCUT2D eigenvalue weighted by Gasteiger charge is 2.11. The Bertz CT molecular complexity index is 681. The van der Waals surface area contributed by atoms with Crippen LogP contribution in [0.1, 0.15) is 5.56 Å². The number of hydrogen-bond donors (Lipinski definition) is 2. The number of rotatable bonds is 9. The van der Waals surface area contributed by atoms with Crippen LogP contribution in [0, 0.1) is 0 Å². The highest BCUT2D eigenvalue weighted by Crippen LogP contribution is 2.27. The number of nitrogens with one attached hydrogen (secondary N) is 2. The summed E-state index contributed by atoms with van der Waals surface area (Å²) in [4.78, 5) is 20.4. The number of aliphatic imine (C=N–C) groups is 1. The maximum atomic E-state index is 11.9. The number of ether oxygens (including phenoxy) is 3. The van der Waals surface area contributed by atoms with E-state index in [0.717, 1.165) is 45.0 Å². The summed E-state index contributed by atoms with van der Waals surface area (Å²) >= 11 is 0. The van der Waals surface area contributed by atoms with Crippen molar-refractivity contribution in [3.8, 4) is 11.5 Å². The molecule has 30 heavy (non-hydrogen) atoms. The largest absolute Gasteiger partial charge is 0.493 e. The van der Waals surface area contributed by atoms with Gasteiger partial charge in [0, 0.05) is 40.3 Å². The fourth-order valence-electron chi connectivity index (χ4n) is 2.80. The van der Waals surface area contributed by atoms with Gasteiger partial charge < -0.3 is 29.7 Å². The van der Waals surface area contributed by atoms with Crippen molar-refractivity contribution < 1.29 is 19.0 Å². The van der Waals surface area contributed by atoms with Gasteiger partial charge in [0.1, 0.15) is 0 Å². The molecule has 1 aromatic rings. The lowest BCUT2D eigenvalue weighted by molar-refractivity contribution is -0.127. The fraction of sp³-hybridized carbons (Fsp3) is 0.600. The summed E-state index contributed by atoms with van der Waals surface area (Å²) < 4.78 is 16.0. The van der Waals surface area contributed by atoms with Gasteiger partial charge in [0.25, 0.3) is 0 Å². The molecule has 1 fully saturated rings. The molecule has 1 aliphatic heterocycles. The number of likely N-dealkylation sites (N-methyl/N-ethyl adjacent to an activating group) is 1. The molecule has 0 aliphatic carbocycles. The van der Waals surface area contributed by atoms with E-state index in [4.69, 9.17) is 14.2 Å². The molecule has 10 heteroatoms. The van der Waals surface area contributed by atoms with Crippen LogP contribution in [0.4, 0.5) is 0 Å². The minimum Gasteiger partial charge on any atom is -0.493 e. The molecule has 0 saturated carbocycles.